The number of likely N-dealkylation sites (N-methyl/N-ethyl adjacent to an activating group) is 1. The maximum Gasteiger partial charge on any atom is 0.189 e. The Hall–Kier alpha value is -0.380. The average Bonchev–Trinajstić information content (AvgIpc) is 2.70. The number of nitrogens with zero attached hydrogens (tertiary/aromatic N) is 1. The predicted octanol–water partition coefficient (Wildman–Crippen LogP) is 4.34. The highest BCUT2D eigenvalue weighted by molar-refractivity contribution is 7.18. The first-order chi connectivity index (χ1) is 8.14. The van der Waals surface area contributed by atoms with Crippen molar-refractivity contribution in [2.45, 2.75) is 46.7 Å². The summed E-state index contributed by atoms with van der Waals surface area (Å²) in [5.74, 6) is 0.144. The molecule has 1 aromatic heterocycles. The van der Waals surface area contributed by atoms with Gasteiger partial charge in [0, 0.05) is 6.04 Å². The molecule has 0 amide bonds. The van der Waals surface area contributed by atoms with Crippen molar-refractivity contribution in [2.24, 2.45) is 5.41 Å². The van der Waals surface area contributed by atoms with Gasteiger partial charge in [-0.1, -0.05) is 32.4 Å². The lowest BCUT2D eigenvalue weighted by Crippen LogP contribution is -2.47. The Morgan fingerprint density at radius 2 is 1.89 bits per heavy atom. The molecule has 0 saturated carbocycles. The highest BCUT2D eigenvalue weighted by Crippen LogP contribution is 2.27. The molecule has 1 heterocycles. The highest BCUT2D eigenvalue weighted by Gasteiger charge is 2.30. The summed E-state index contributed by atoms with van der Waals surface area (Å²) in [6, 6.07) is 3.78. The summed E-state index contributed by atoms with van der Waals surface area (Å²) in [7, 11) is 2.01. The summed E-state index contributed by atoms with van der Waals surface area (Å²) >= 11 is 7.23. The number of carbonyl (C=O) groups excluding carboxylic acids is 1. The summed E-state index contributed by atoms with van der Waals surface area (Å²) < 4.78 is 0.664. The molecule has 102 valence electrons. The van der Waals surface area contributed by atoms with Crippen LogP contribution in [0.4, 0.5) is 0 Å². The van der Waals surface area contributed by atoms with Gasteiger partial charge in [0.1, 0.15) is 0 Å². The van der Waals surface area contributed by atoms with Crippen LogP contribution in [-0.2, 0) is 0 Å². The standard InChI is InChI=1S/C14H22ClNOS/c1-9(16(6)10(2)14(3,4)5)13(17)11-7-8-12(15)18-11/h7-10H,1-6H3. The fourth-order valence-electron chi connectivity index (χ4n) is 1.78. The van der Waals surface area contributed by atoms with E-state index in [2.05, 4.69) is 32.6 Å². The SMILES string of the molecule is CC(C(=O)c1ccc(Cl)s1)N(C)C(C)C(C)(C)C. The van der Waals surface area contributed by atoms with Crippen molar-refractivity contribution in [3.05, 3.63) is 21.3 Å². The van der Waals surface area contributed by atoms with E-state index >= 15 is 0 Å². The molecule has 0 fully saturated rings. The van der Waals surface area contributed by atoms with E-state index in [4.69, 9.17) is 11.6 Å². The Bertz CT molecular complexity index is 422. The molecule has 0 aliphatic heterocycles. The molecule has 0 saturated heterocycles. The van der Waals surface area contributed by atoms with Gasteiger partial charge in [0.05, 0.1) is 15.3 Å². The number of rotatable bonds is 4. The Morgan fingerprint density at radius 1 is 1.33 bits per heavy atom. The summed E-state index contributed by atoms with van der Waals surface area (Å²) in [4.78, 5) is 15.2. The molecule has 0 bridgehead atoms. The van der Waals surface area contributed by atoms with Gasteiger partial charge < -0.3 is 0 Å². The lowest BCUT2D eigenvalue weighted by Gasteiger charge is -2.38. The molecular formula is C14H22ClNOS. The highest BCUT2D eigenvalue weighted by atomic mass is 35.5. The van der Waals surface area contributed by atoms with E-state index in [1.165, 1.54) is 11.3 Å². The normalized spacial score (nSPS) is 15.8. The number of ketones is 1. The predicted molar refractivity (Wildman–Crippen MR) is 79.8 cm³/mol. The minimum atomic E-state index is -0.131. The van der Waals surface area contributed by atoms with Gasteiger partial charge in [0.25, 0.3) is 0 Å². The van der Waals surface area contributed by atoms with Crippen molar-refractivity contribution in [2.75, 3.05) is 7.05 Å². The molecule has 2 unspecified atom stereocenters. The Morgan fingerprint density at radius 3 is 2.28 bits per heavy atom. The van der Waals surface area contributed by atoms with Crippen molar-refractivity contribution < 1.29 is 4.79 Å². The van der Waals surface area contributed by atoms with Crippen LogP contribution in [0.3, 0.4) is 0 Å². The van der Waals surface area contributed by atoms with Crippen LogP contribution < -0.4 is 0 Å². The zero-order valence-corrected chi connectivity index (χ0v) is 13.5. The number of hydrogen-bond acceptors (Lipinski definition) is 3. The lowest BCUT2D eigenvalue weighted by atomic mass is 9.86. The number of Topliss-reactive ketones (excluding diaryl/α,β-unsaturated/α-hetero) is 1. The maximum atomic E-state index is 12.3. The van der Waals surface area contributed by atoms with Crippen LogP contribution in [-0.4, -0.2) is 29.8 Å². The van der Waals surface area contributed by atoms with Gasteiger partial charge in [-0.15, -0.1) is 11.3 Å². The number of halogens is 1. The molecule has 2 nitrogen and oxygen atoms in total. The molecule has 0 aliphatic carbocycles. The maximum absolute atomic E-state index is 12.3. The third-order valence-corrected chi connectivity index (χ3v) is 4.92. The van der Waals surface area contributed by atoms with E-state index in [1.807, 2.05) is 14.0 Å². The first-order valence-corrected chi connectivity index (χ1v) is 7.35. The second kappa shape index (κ2) is 5.72. The van der Waals surface area contributed by atoms with Crippen LogP contribution in [0.5, 0.6) is 0 Å². The van der Waals surface area contributed by atoms with Crippen LogP contribution in [0.1, 0.15) is 44.3 Å². The van der Waals surface area contributed by atoms with E-state index in [0.29, 0.717) is 10.4 Å². The molecule has 1 aromatic rings. The van der Waals surface area contributed by atoms with E-state index < -0.39 is 0 Å². The molecule has 18 heavy (non-hydrogen) atoms. The second-order valence-electron chi connectivity index (χ2n) is 5.85. The van der Waals surface area contributed by atoms with Crippen molar-refractivity contribution in [1.82, 2.24) is 4.90 Å². The Kier molecular flexibility index (Phi) is 4.98. The molecule has 4 heteroatoms. The molecule has 1 rings (SSSR count). The van der Waals surface area contributed by atoms with Gasteiger partial charge >= 0.3 is 0 Å². The van der Waals surface area contributed by atoms with Crippen LogP contribution in [0.15, 0.2) is 12.1 Å². The van der Waals surface area contributed by atoms with Gasteiger partial charge in [-0.25, -0.2) is 0 Å². The van der Waals surface area contributed by atoms with Gasteiger partial charge in [0.15, 0.2) is 5.78 Å². The first-order valence-electron chi connectivity index (χ1n) is 6.16. The molecule has 2 atom stereocenters. The molecule has 0 aliphatic rings. The fourth-order valence-corrected chi connectivity index (χ4v) is 2.85. The zero-order chi connectivity index (χ0) is 14.1. The third kappa shape index (κ3) is 3.56. The monoisotopic (exact) mass is 287 g/mol. The molecule has 0 N–H and O–H groups in total. The summed E-state index contributed by atoms with van der Waals surface area (Å²) in [6.45, 7) is 10.7. The van der Waals surface area contributed by atoms with Crippen LogP contribution >= 0.6 is 22.9 Å². The fraction of sp³-hybridized carbons (Fsp3) is 0.643. The van der Waals surface area contributed by atoms with Gasteiger partial charge in [-0.05, 0) is 38.4 Å². The molecule has 0 aromatic carbocycles. The summed E-state index contributed by atoms with van der Waals surface area (Å²) in [6.07, 6.45) is 0. The van der Waals surface area contributed by atoms with E-state index in [9.17, 15) is 4.79 Å². The third-order valence-electron chi connectivity index (χ3n) is 3.67. The summed E-state index contributed by atoms with van der Waals surface area (Å²) in [5, 5.41) is 0. The number of carbonyl (C=O) groups is 1. The summed E-state index contributed by atoms with van der Waals surface area (Å²) in [5.41, 5.74) is 0.149. The van der Waals surface area contributed by atoms with Crippen LogP contribution in [0.2, 0.25) is 4.34 Å². The van der Waals surface area contributed by atoms with Gasteiger partial charge in [-0.2, -0.15) is 0 Å². The van der Waals surface area contributed by atoms with Crippen LogP contribution in [0.25, 0.3) is 0 Å². The second-order valence-corrected chi connectivity index (χ2v) is 7.57. The number of hydrogen-bond donors (Lipinski definition) is 0. The van der Waals surface area contributed by atoms with E-state index in [1.54, 1.807) is 12.1 Å². The molecule has 0 spiro atoms. The van der Waals surface area contributed by atoms with Crippen molar-refractivity contribution in [3.8, 4) is 0 Å². The number of thiophene rings is 1. The lowest BCUT2D eigenvalue weighted by molar-refractivity contribution is 0.0699. The minimum absolute atomic E-state index is 0.131. The quantitative estimate of drug-likeness (QED) is 0.768. The van der Waals surface area contributed by atoms with Crippen molar-refractivity contribution in [3.63, 3.8) is 0 Å². The van der Waals surface area contributed by atoms with E-state index in [-0.39, 0.29) is 17.2 Å². The van der Waals surface area contributed by atoms with Gasteiger partial charge in [-0.3, -0.25) is 9.69 Å². The Labute approximate surface area is 119 Å². The van der Waals surface area contributed by atoms with Crippen molar-refractivity contribution >= 4 is 28.7 Å². The van der Waals surface area contributed by atoms with Crippen LogP contribution in [0, 0.1) is 5.41 Å². The zero-order valence-electron chi connectivity index (χ0n) is 12.0. The Balaban J connectivity index is 2.81. The first kappa shape index (κ1) is 15.7. The largest absolute Gasteiger partial charge is 0.293 e. The smallest absolute Gasteiger partial charge is 0.189 e. The van der Waals surface area contributed by atoms with E-state index in [0.717, 1.165) is 4.88 Å². The average molecular weight is 288 g/mol. The minimum Gasteiger partial charge on any atom is -0.293 e. The molecular weight excluding hydrogens is 266 g/mol. The topological polar surface area (TPSA) is 20.3 Å². The molecule has 0 radical (unpaired) electrons. The van der Waals surface area contributed by atoms with Gasteiger partial charge in [0.2, 0.25) is 0 Å². The van der Waals surface area contributed by atoms with Crippen molar-refractivity contribution in [1.29, 1.82) is 0 Å².